The van der Waals surface area contributed by atoms with Gasteiger partial charge in [-0.3, -0.25) is 0 Å². The summed E-state index contributed by atoms with van der Waals surface area (Å²) in [5, 5.41) is -0.129. The van der Waals surface area contributed by atoms with Crippen LogP contribution < -0.4 is 10.5 Å². The molecule has 0 unspecified atom stereocenters. The highest BCUT2D eigenvalue weighted by molar-refractivity contribution is 7.89. The average Bonchev–Trinajstić information content (AvgIpc) is 2.24. The van der Waals surface area contributed by atoms with Gasteiger partial charge in [0.15, 0.2) is 0 Å². The Morgan fingerprint density at radius 2 is 2.29 bits per heavy atom. The van der Waals surface area contributed by atoms with Crippen LogP contribution in [0.25, 0.3) is 0 Å². The third-order valence-corrected chi connectivity index (χ3v) is 3.56. The zero-order valence-corrected chi connectivity index (χ0v) is 10.2. The number of aromatic nitrogens is 1. The van der Waals surface area contributed by atoms with Crippen LogP contribution in [0.15, 0.2) is 23.2 Å². The van der Waals surface area contributed by atoms with Crippen molar-refractivity contribution < 1.29 is 17.9 Å². The molecule has 17 heavy (non-hydrogen) atoms. The summed E-state index contributed by atoms with van der Waals surface area (Å²) in [6.45, 7) is -0.261. The lowest BCUT2D eigenvalue weighted by Gasteiger charge is -2.07. The highest BCUT2D eigenvalue weighted by Crippen LogP contribution is 2.16. The van der Waals surface area contributed by atoms with Crippen LogP contribution in [0.5, 0.6) is 0 Å². The van der Waals surface area contributed by atoms with E-state index in [1.807, 2.05) is 0 Å². The fourth-order valence-electron chi connectivity index (χ4n) is 0.977. The molecule has 0 aliphatic carbocycles. The number of rotatable bonds is 5. The third kappa shape index (κ3) is 4.17. The Kier molecular flexibility index (Phi) is 4.67. The Morgan fingerprint density at radius 3 is 2.88 bits per heavy atom. The van der Waals surface area contributed by atoms with E-state index in [1.165, 1.54) is 18.3 Å². The predicted molar refractivity (Wildman–Crippen MR) is 60.0 cm³/mol. The molecule has 0 radical (unpaired) electrons. The standard InChI is InChI=1S/C8H10ClN3O4S/c9-7-6(2-1-3-11-7)17(14,15)12-4-5-16-8(10)13/h1-3,12H,4-5H2,(H2,10,13). The smallest absolute Gasteiger partial charge is 0.404 e. The summed E-state index contributed by atoms with van der Waals surface area (Å²) >= 11 is 5.64. The van der Waals surface area contributed by atoms with Crippen molar-refractivity contribution in [3.63, 3.8) is 0 Å². The van der Waals surface area contributed by atoms with Crippen molar-refractivity contribution >= 4 is 27.7 Å². The maximum absolute atomic E-state index is 11.7. The minimum atomic E-state index is -3.77. The van der Waals surface area contributed by atoms with Gasteiger partial charge in [0.2, 0.25) is 10.0 Å². The van der Waals surface area contributed by atoms with Crippen molar-refractivity contribution in [2.24, 2.45) is 5.73 Å². The highest BCUT2D eigenvalue weighted by atomic mass is 35.5. The molecule has 3 N–H and O–H groups in total. The van der Waals surface area contributed by atoms with E-state index in [4.69, 9.17) is 17.3 Å². The van der Waals surface area contributed by atoms with Crippen LogP contribution in [-0.4, -0.2) is 32.6 Å². The highest BCUT2D eigenvalue weighted by Gasteiger charge is 2.17. The summed E-state index contributed by atoms with van der Waals surface area (Å²) in [6, 6.07) is 2.76. The molecule has 0 fully saturated rings. The third-order valence-electron chi connectivity index (χ3n) is 1.65. The number of hydrogen-bond acceptors (Lipinski definition) is 5. The van der Waals surface area contributed by atoms with Gasteiger partial charge in [0, 0.05) is 12.7 Å². The van der Waals surface area contributed by atoms with Crippen molar-refractivity contribution in [2.45, 2.75) is 4.90 Å². The van der Waals surface area contributed by atoms with Crippen molar-refractivity contribution in [1.29, 1.82) is 0 Å². The number of nitrogens with two attached hydrogens (primary N) is 1. The van der Waals surface area contributed by atoms with Gasteiger partial charge in [0.05, 0.1) is 0 Å². The fraction of sp³-hybridized carbons (Fsp3) is 0.250. The van der Waals surface area contributed by atoms with Crippen molar-refractivity contribution in [3.8, 4) is 0 Å². The van der Waals surface area contributed by atoms with Gasteiger partial charge in [-0.1, -0.05) is 11.6 Å². The van der Waals surface area contributed by atoms with Gasteiger partial charge in [-0.2, -0.15) is 0 Å². The predicted octanol–water partition coefficient (Wildman–Crippen LogP) is 0.109. The Bertz CT molecular complexity index is 505. The van der Waals surface area contributed by atoms with Crippen LogP contribution in [0, 0.1) is 0 Å². The molecular weight excluding hydrogens is 270 g/mol. The molecule has 0 atom stereocenters. The van der Waals surface area contributed by atoms with Crippen molar-refractivity contribution in [2.75, 3.05) is 13.2 Å². The molecular formula is C8H10ClN3O4S. The maximum atomic E-state index is 11.7. The van der Waals surface area contributed by atoms with Crippen LogP contribution in [0.4, 0.5) is 4.79 Å². The molecule has 0 saturated heterocycles. The van der Waals surface area contributed by atoms with Crippen LogP contribution in [0.3, 0.4) is 0 Å². The molecule has 0 saturated carbocycles. The number of ether oxygens (including phenoxy) is 1. The molecule has 0 aliphatic heterocycles. The monoisotopic (exact) mass is 279 g/mol. The first-order chi connectivity index (χ1) is 7.93. The van der Waals surface area contributed by atoms with Gasteiger partial charge < -0.3 is 10.5 Å². The SMILES string of the molecule is NC(=O)OCCNS(=O)(=O)c1cccnc1Cl. The van der Waals surface area contributed by atoms with E-state index in [9.17, 15) is 13.2 Å². The number of nitrogens with zero attached hydrogens (tertiary/aromatic N) is 1. The number of carbonyl (C=O) groups is 1. The summed E-state index contributed by atoms with van der Waals surface area (Å²) in [6.07, 6.45) is 0.404. The van der Waals surface area contributed by atoms with Gasteiger partial charge in [-0.15, -0.1) is 0 Å². The molecule has 94 valence electrons. The number of carbonyl (C=O) groups excluding carboxylic acids is 1. The van der Waals surface area contributed by atoms with E-state index in [1.54, 1.807) is 0 Å². The summed E-state index contributed by atoms with van der Waals surface area (Å²) in [7, 11) is -3.77. The number of hydrogen-bond donors (Lipinski definition) is 2. The fourth-order valence-corrected chi connectivity index (χ4v) is 2.44. The second-order valence-electron chi connectivity index (χ2n) is 2.86. The lowest BCUT2D eigenvalue weighted by atomic mass is 10.5. The first-order valence-electron chi connectivity index (χ1n) is 4.46. The van der Waals surface area contributed by atoms with Gasteiger partial charge in [0.1, 0.15) is 16.7 Å². The molecule has 0 spiro atoms. The second-order valence-corrected chi connectivity index (χ2v) is 4.95. The number of halogens is 1. The van der Waals surface area contributed by atoms with Gasteiger partial charge >= 0.3 is 6.09 Å². The number of primary amides is 1. The van der Waals surface area contributed by atoms with E-state index >= 15 is 0 Å². The second kappa shape index (κ2) is 5.80. The number of sulfonamides is 1. The zero-order valence-electron chi connectivity index (χ0n) is 8.59. The first kappa shape index (κ1) is 13.7. The van der Waals surface area contributed by atoms with E-state index in [2.05, 4.69) is 14.4 Å². The summed E-state index contributed by atoms with van der Waals surface area (Å²) in [4.78, 5) is 13.7. The van der Waals surface area contributed by atoms with E-state index in [0.29, 0.717) is 0 Å². The quantitative estimate of drug-likeness (QED) is 0.587. The lowest BCUT2D eigenvalue weighted by molar-refractivity contribution is 0.159. The van der Waals surface area contributed by atoms with Crippen LogP contribution in [-0.2, 0) is 14.8 Å². The first-order valence-corrected chi connectivity index (χ1v) is 6.32. The minimum Gasteiger partial charge on any atom is -0.448 e. The maximum Gasteiger partial charge on any atom is 0.404 e. The Morgan fingerprint density at radius 1 is 1.59 bits per heavy atom. The van der Waals surface area contributed by atoms with Crippen molar-refractivity contribution in [1.82, 2.24) is 9.71 Å². The van der Waals surface area contributed by atoms with Gasteiger partial charge in [-0.25, -0.2) is 22.9 Å². The topological polar surface area (TPSA) is 111 Å². The zero-order chi connectivity index (χ0) is 12.9. The Labute approximate surface area is 103 Å². The van der Waals surface area contributed by atoms with Crippen LogP contribution >= 0.6 is 11.6 Å². The minimum absolute atomic E-state index is 0.101. The number of pyridine rings is 1. The Hall–Kier alpha value is -1.38. The lowest BCUT2D eigenvalue weighted by Crippen LogP contribution is -2.29. The molecule has 1 aromatic heterocycles. The molecule has 1 heterocycles. The molecule has 0 aliphatic rings. The van der Waals surface area contributed by atoms with Crippen LogP contribution in [0.2, 0.25) is 5.15 Å². The van der Waals surface area contributed by atoms with Gasteiger partial charge in [-0.05, 0) is 12.1 Å². The molecule has 1 rings (SSSR count). The van der Waals surface area contributed by atoms with Gasteiger partial charge in [0.25, 0.3) is 0 Å². The van der Waals surface area contributed by atoms with E-state index in [0.717, 1.165) is 0 Å². The van der Waals surface area contributed by atoms with Crippen LogP contribution in [0.1, 0.15) is 0 Å². The largest absolute Gasteiger partial charge is 0.448 e. The molecule has 7 nitrogen and oxygen atoms in total. The summed E-state index contributed by atoms with van der Waals surface area (Å²) in [5.74, 6) is 0. The van der Waals surface area contributed by atoms with E-state index < -0.39 is 16.1 Å². The summed E-state index contributed by atoms with van der Waals surface area (Å²) < 4.78 is 29.9. The molecule has 1 aromatic rings. The molecule has 9 heteroatoms. The normalized spacial score (nSPS) is 11.1. The van der Waals surface area contributed by atoms with E-state index in [-0.39, 0.29) is 23.2 Å². The number of amides is 1. The average molecular weight is 280 g/mol. The molecule has 1 amide bonds. The Balaban J connectivity index is 2.64. The molecule has 0 bridgehead atoms. The number of nitrogens with one attached hydrogen (secondary N) is 1. The molecule has 0 aromatic carbocycles. The van der Waals surface area contributed by atoms with Crippen molar-refractivity contribution in [3.05, 3.63) is 23.5 Å². The summed E-state index contributed by atoms with van der Waals surface area (Å²) in [5.41, 5.74) is 4.71.